The zero-order chi connectivity index (χ0) is 22.3. The number of benzene rings is 2. The summed E-state index contributed by atoms with van der Waals surface area (Å²) in [5.41, 5.74) is 3.31. The number of halogens is 3. The fourth-order valence-electron chi connectivity index (χ4n) is 8.50. The highest BCUT2D eigenvalue weighted by Gasteiger charge is 2.59. The molecule has 4 aliphatic rings. The summed E-state index contributed by atoms with van der Waals surface area (Å²) in [6.45, 7) is 6.17. The van der Waals surface area contributed by atoms with E-state index >= 15 is 0 Å². The second kappa shape index (κ2) is 8.03. The Hall–Kier alpha value is -0.970. The summed E-state index contributed by atoms with van der Waals surface area (Å²) in [5.74, 6) is 0.845. The first-order chi connectivity index (χ1) is 15.1. The summed E-state index contributed by atoms with van der Waals surface area (Å²) in [4.78, 5) is 0. The van der Waals surface area contributed by atoms with Crippen molar-refractivity contribution in [2.45, 2.75) is 70.6 Å². The molecular formula is C27H33Cl3N2O. The summed E-state index contributed by atoms with van der Waals surface area (Å²) < 4.78 is 2.21. The number of nitrogens with zero attached hydrogens (tertiary/aromatic N) is 1. The van der Waals surface area contributed by atoms with Crippen LogP contribution in [0.2, 0.25) is 10.0 Å². The maximum absolute atomic E-state index is 11.1. The van der Waals surface area contributed by atoms with Crippen molar-refractivity contribution < 1.29 is 5.11 Å². The van der Waals surface area contributed by atoms with Crippen molar-refractivity contribution in [3.63, 3.8) is 0 Å². The van der Waals surface area contributed by atoms with Crippen LogP contribution in [-0.2, 0) is 6.54 Å². The maximum atomic E-state index is 11.1. The van der Waals surface area contributed by atoms with Crippen LogP contribution in [0.1, 0.15) is 52.4 Å². The Morgan fingerprint density at radius 3 is 2.00 bits per heavy atom. The third-order valence-corrected chi connectivity index (χ3v) is 8.99. The van der Waals surface area contributed by atoms with Gasteiger partial charge in [0, 0.05) is 43.9 Å². The van der Waals surface area contributed by atoms with Gasteiger partial charge in [-0.15, -0.1) is 12.4 Å². The molecular weight excluding hydrogens is 475 g/mol. The molecule has 1 aromatic heterocycles. The normalized spacial score (nSPS) is 33.5. The Kier molecular flexibility index (Phi) is 5.78. The van der Waals surface area contributed by atoms with Gasteiger partial charge in [-0.25, -0.2) is 0 Å². The van der Waals surface area contributed by atoms with Crippen LogP contribution in [0.3, 0.4) is 0 Å². The van der Waals surface area contributed by atoms with Gasteiger partial charge in [-0.1, -0.05) is 37.0 Å². The van der Waals surface area contributed by atoms with Crippen molar-refractivity contribution in [3.05, 3.63) is 46.4 Å². The van der Waals surface area contributed by atoms with E-state index in [1.165, 1.54) is 38.5 Å². The van der Waals surface area contributed by atoms with Crippen molar-refractivity contribution in [2.75, 3.05) is 6.54 Å². The summed E-state index contributed by atoms with van der Waals surface area (Å²) in [7, 11) is 0. The quantitative estimate of drug-likeness (QED) is 0.382. The van der Waals surface area contributed by atoms with Crippen LogP contribution in [0, 0.1) is 16.7 Å². The van der Waals surface area contributed by atoms with E-state index < -0.39 is 6.10 Å². The van der Waals surface area contributed by atoms with Crippen molar-refractivity contribution in [1.29, 1.82) is 0 Å². The monoisotopic (exact) mass is 506 g/mol. The molecule has 0 amide bonds. The fraction of sp³-hybridized carbons (Fsp3) is 0.556. The molecule has 2 aromatic carbocycles. The molecule has 3 atom stereocenters. The SMILES string of the molecule is CC12CC3CC(C)(C1)CC(NCC(O)Cn1c4ccc(Cl)cc4c4cc(Cl)ccc41)(C3)C2.Cl. The number of fused-ring (bicyclic) bond motifs is 3. The highest BCUT2D eigenvalue weighted by atomic mass is 35.5. The number of aromatic nitrogens is 1. The largest absolute Gasteiger partial charge is 0.390 e. The first kappa shape index (κ1) is 23.8. The molecule has 6 heteroatoms. The van der Waals surface area contributed by atoms with Gasteiger partial charge in [-0.2, -0.15) is 0 Å². The zero-order valence-electron chi connectivity index (χ0n) is 19.3. The molecule has 0 saturated heterocycles. The van der Waals surface area contributed by atoms with Crippen molar-refractivity contribution in [2.24, 2.45) is 16.7 Å². The Labute approximate surface area is 212 Å². The lowest BCUT2D eigenvalue weighted by Gasteiger charge is -2.65. The lowest BCUT2D eigenvalue weighted by atomic mass is 9.43. The van der Waals surface area contributed by atoms with Crippen LogP contribution in [0.5, 0.6) is 0 Å². The van der Waals surface area contributed by atoms with Gasteiger partial charge in [0.25, 0.3) is 0 Å². The van der Waals surface area contributed by atoms with Gasteiger partial charge in [-0.05, 0) is 91.7 Å². The average molecular weight is 508 g/mol. The maximum Gasteiger partial charge on any atom is 0.0843 e. The highest BCUT2D eigenvalue weighted by molar-refractivity contribution is 6.33. The van der Waals surface area contributed by atoms with E-state index in [1.807, 2.05) is 36.4 Å². The lowest BCUT2D eigenvalue weighted by molar-refractivity contribution is -0.119. The first-order valence-electron chi connectivity index (χ1n) is 12.0. The van der Waals surface area contributed by atoms with Crippen LogP contribution in [0.25, 0.3) is 21.8 Å². The lowest BCUT2D eigenvalue weighted by Crippen LogP contribution is -2.65. The minimum atomic E-state index is -0.464. The van der Waals surface area contributed by atoms with Gasteiger partial charge in [-0.3, -0.25) is 0 Å². The molecule has 0 aliphatic heterocycles. The fourth-order valence-corrected chi connectivity index (χ4v) is 8.84. The van der Waals surface area contributed by atoms with Crippen molar-refractivity contribution in [1.82, 2.24) is 9.88 Å². The number of hydrogen-bond acceptors (Lipinski definition) is 2. The summed E-state index contributed by atoms with van der Waals surface area (Å²) in [6, 6.07) is 11.9. The molecule has 4 bridgehead atoms. The third-order valence-electron chi connectivity index (χ3n) is 8.52. The van der Waals surface area contributed by atoms with Gasteiger partial charge in [0.05, 0.1) is 12.6 Å². The van der Waals surface area contributed by atoms with Crippen LogP contribution in [0.15, 0.2) is 36.4 Å². The van der Waals surface area contributed by atoms with E-state index in [4.69, 9.17) is 23.2 Å². The molecule has 0 spiro atoms. The topological polar surface area (TPSA) is 37.2 Å². The molecule has 1 heterocycles. The van der Waals surface area contributed by atoms with Crippen molar-refractivity contribution in [3.8, 4) is 0 Å². The van der Waals surface area contributed by atoms with Gasteiger partial charge in [0.1, 0.15) is 0 Å². The number of nitrogens with one attached hydrogen (secondary N) is 1. The number of β-amino-alcohol motifs (C(OH)–C–C–N with tert-alkyl or cyclic N) is 1. The predicted octanol–water partition coefficient (Wildman–Crippen LogP) is 7.22. The molecule has 178 valence electrons. The van der Waals surface area contributed by atoms with Crippen LogP contribution >= 0.6 is 35.6 Å². The standard InChI is InChI=1S/C27H32Cl2N2O.ClH/c1-25-9-17-10-26(2,14-25)16-27(11-17,15-25)30-12-20(32)13-31-23-5-3-18(28)7-21(23)22-8-19(29)4-6-24(22)31;/h3-8,17,20,30,32H,9-16H2,1-2H3;1H. The number of rotatable bonds is 5. The van der Waals surface area contributed by atoms with E-state index in [1.54, 1.807) is 0 Å². The van der Waals surface area contributed by atoms with Crippen molar-refractivity contribution >= 4 is 57.4 Å². The molecule has 3 nitrogen and oxygen atoms in total. The smallest absolute Gasteiger partial charge is 0.0843 e. The van der Waals surface area contributed by atoms with E-state index in [9.17, 15) is 5.11 Å². The Morgan fingerprint density at radius 1 is 0.939 bits per heavy atom. The summed E-state index contributed by atoms with van der Waals surface area (Å²) in [5, 5.41) is 18.6. The van der Waals surface area contributed by atoms with E-state index in [0.29, 0.717) is 34.0 Å². The Morgan fingerprint density at radius 2 is 1.48 bits per heavy atom. The predicted molar refractivity (Wildman–Crippen MR) is 141 cm³/mol. The van der Waals surface area contributed by atoms with Gasteiger partial charge in [0.2, 0.25) is 0 Å². The Balaban J connectivity index is 0.00000228. The molecule has 4 aliphatic carbocycles. The number of hydrogen-bond donors (Lipinski definition) is 2. The molecule has 0 radical (unpaired) electrons. The second-order valence-corrected chi connectivity index (χ2v) is 12.8. The third kappa shape index (κ3) is 4.08. The van der Waals surface area contributed by atoms with E-state index in [0.717, 1.165) is 27.7 Å². The summed E-state index contributed by atoms with van der Waals surface area (Å²) >= 11 is 12.6. The van der Waals surface area contributed by atoms with Crippen LogP contribution < -0.4 is 5.32 Å². The minimum Gasteiger partial charge on any atom is -0.390 e. The molecule has 33 heavy (non-hydrogen) atoms. The molecule has 3 aromatic rings. The molecule has 2 N–H and O–H groups in total. The number of aliphatic hydroxyl groups excluding tert-OH is 1. The molecule has 3 unspecified atom stereocenters. The molecule has 7 rings (SSSR count). The van der Waals surface area contributed by atoms with Crippen LogP contribution in [0.4, 0.5) is 0 Å². The number of aliphatic hydroxyl groups is 1. The van der Waals surface area contributed by atoms with E-state index in [-0.39, 0.29) is 17.9 Å². The average Bonchev–Trinajstić information content (AvgIpc) is 2.96. The summed E-state index contributed by atoms with van der Waals surface area (Å²) in [6.07, 6.45) is 7.47. The van der Waals surface area contributed by atoms with E-state index in [2.05, 4.69) is 23.7 Å². The highest BCUT2D eigenvalue weighted by Crippen LogP contribution is 2.66. The van der Waals surface area contributed by atoms with Gasteiger partial charge >= 0.3 is 0 Å². The molecule has 4 saturated carbocycles. The first-order valence-corrected chi connectivity index (χ1v) is 12.7. The molecule has 4 fully saturated rings. The minimum absolute atomic E-state index is 0. The van der Waals surface area contributed by atoms with Gasteiger partial charge < -0.3 is 15.0 Å². The van der Waals surface area contributed by atoms with Gasteiger partial charge in [0.15, 0.2) is 0 Å². The Bertz CT molecular complexity index is 1140. The second-order valence-electron chi connectivity index (χ2n) is 11.9. The van der Waals surface area contributed by atoms with Crippen LogP contribution in [-0.4, -0.2) is 27.9 Å². The zero-order valence-corrected chi connectivity index (χ0v) is 21.7.